The summed E-state index contributed by atoms with van der Waals surface area (Å²) in [4.78, 5) is 17.8. The number of hydrogen-bond acceptors (Lipinski definition) is 4. The first-order chi connectivity index (χ1) is 19.6. The summed E-state index contributed by atoms with van der Waals surface area (Å²) in [6.07, 6.45) is -2.07. The topological polar surface area (TPSA) is 77.1 Å². The molecule has 0 bridgehead atoms. The summed E-state index contributed by atoms with van der Waals surface area (Å²) in [7, 11) is 0. The van der Waals surface area contributed by atoms with Gasteiger partial charge >= 0.3 is 6.18 Å². The van der Waals surface area contributed by atoms with Crippen molar-refractivity contribution in [1.29, 1.82) is 0 Å². The Kier molecular flexibility index (Phi) is 6.96. The van der Waals surface area contributed by atoms with E-state index in [4.69, 9.17) is 23.2 Å². The molecule has 0 spiro atoms. The molecule has 0 saturated carbocycles. The molecule has 13 heteroatoms. The van der Waals surface area contributed by atoms with Crippen LogP contribution in [0.5, 0.6) is 0 Å². The van der Waals surface area contributed by atoms with Gasteiger partial charge in [0.1, 0.15) is 5.56 Å². The highest BCUT2D eigenvalue weighted by Gasteiger charge is 2.36. The van der Waals surface area contributed by atoms with E-state index in [1.807, 2.05) is 18.2 Å². The lowest BCUT2D eigenvalue weighted by Crippen LogP contribution is -2.16. The predicted molar refractivity (Wildman–Crippen MR) is 154 cm³/mol. The second-order valence-corrected chi connectivity index (χ2v) is 10.8. The van der Waals surface area contributed by atoms with E-state index in [0.717, 1.165) is 28.6 Å². The molecule has 3 aromatic carbocycles. The second kappa shape index (κ2) is 10.5. The SMILES string of the molecule is O=C(Nc1nn(Cc2ccc(Cl)cc2Cl)cc1Br)c1cnn2c(C(F)(F)F)cc(-c3cccc4ccccc34)nc12. The number of alkyl halides is 3. The Labute approximate surface area is 248 Å². The average Bonchev–Trinajstić information content (AvgIpc) is 3.51. The van der Waals surface area contributed by atoms with E-state index in [9.17, 15) is 18.0 Å². The monoisotopic (exact) mass is 658 g/mol. The molecular weight excluding hydrogens is 644 g/mol. The maximum absolute atomic E-state index is 14.1. The molecule has 0 aliphatic rings. The van der Waals surface area contributed by atoms with Crippen molar-refractivity contribution in [2.24, 2.45) is 0 Å². The minimum atomic E-state index is -4.76. The Morgan fingerprint density at radius 2 is 1.80 bits per heavy atom. The standard InChI is InChI=1S/C28H16BrCl2F3N6O/c29-21-14-39(13-16-8-9-17(30)10-22(16)31)38-25(21)37-27(41)20-12-35-40-24(28(32,33)34)11-23(36-26(20)40)19-7-3-5-15-4-1-2-6-18(15)19/h1-12,14H,13H2,(H,37,38,41). The number of carbonyl (C=O) groups is 1. The van der Waals surface area contributed by atoms with Gasteiger partial charge in [-0.1, -0.05) is 71.7 Å². The third-order valence-corrected chi connectivity index (χ3v) is 7.54. The van der Waals surface area contributed by atoms with Gasteiger partial charge in [-0.3, -0.25) is 9.48 Å². The zero-order valence-corrected chi connectivity index (χ0v) is 23.7. The van der Waals surface area contributed by atoms with Gasteiger partial charge in [-0.15, -0.1) is 0 Å². The smallest absolute Gasteiger partial charge is 0.304 e. The quantitative estimate of drug-likeness (QED) is 0.203. The van der Waals surface area contributed by atoms with Crippen LogP contribution >= 0.6 is 39.1 Å². The Hall–Kier alpha value is -3.93. The maximum atomic E-state index is 14.1. The molecule has 0 fully saturated rings. The highest BCUT2D eigenvalue weighted by atomic mass is 79.9. The maximum Gasteiger partial charge on any atom is 0.433 e. The largest absolute Gasteiger partial charge is 0.433 e. The van der Waals surface area contributed by atoms with E-state index < -0.39 is 17.8 Å². The second-order valence-electron chi connectivity index (χ2n) is 9.06. The molecule has 0 aliphatic heterocycles. The molecule has 0 aliphatic carbocycles. The molecule has 0 radical (unpaired) electrons. The van der Waals surface area contributed by atoms with E-state index in [0.29, 0.717) is 24.6 Å². The van der Waals surface area contributed by atoms with Crippen LogP contribution in [0, 0.1) is 0 Å². The van der Waals surface area contributed by atoms with Crippen LogP contribution in [0.2, 0.25) is 10.0 Å². The zero-order chi connectivity index (χ0) is 28.9. The third-order valence-electron chi connectivity index (χ3n) is 6.37. The fourth-order valence-corrected chi connectivity index (χ4v) is 5.36. The van der Waals surface area contributed by atoms with Gasteiger partial charge in [0.25, 0.3) is 5.91 Å². The summed E-state index contributed by atoms with van der Waals surface area (Å²) in [6.45, 7) is 0.284. The summed E-state index contributed by atoms with van der Waals surface area (Å²) in [6, 6.07) is 18.6. The van der Waals surface area contributed by atoms with E-state index in [-0.39, 0.29) is 29.3 Å². The lowest BCUT2D eigenvalue weighted by atomic mass is 10.0. The molecule has 206 valence electrons. The molecule has 0 unspecified atom stereocenters. The molecule has 1 N–H and O–H groups in total. The predicted octanol–water partition coefficient (Wildman–Crippen LogP) is 8.13. The van der Waals surface area contributed by atoms with Crippen molar-refractivity contribution in [2.75, 3.05) is 5.32 Å². The Morgan fingerprint density at radius 1 is 1.02 bits per heavy atom. The van der Waals surface area contributed by atoms with Crippen LogP contribution < -0.4 is 5.32 Å². The normalized spacial score (nSPS) is 11.9. The van der Waals surface area contributed by atoms with Crippen molar-refractivity contribution < 1.29 is 18.0 Å². The first-order valence-electron chi connectivity index (χ1n) is 12.0. The molecule has 0 atom stereocenters. The molecule has 41 heavy (non-hydrogen) atoms. The summed E-state index contributed by atoms with van der Waals surface area (Å²) < 4.78 is 45.1. The van der Waals surface area contributed by atoms with Gasteiger partial charge in [0, 0.05) is 21.8 Å². The number of amides is 1. The van der Waals surface area contributed by atoms with Crippen molar-refractivity contribution in [3.05, 3.63) is 110 Å². The van der Waals surface area contributed by atoms with Crippen molar-refractivity contribution in [3.8, 4) is 11.3 Å². The van der Waals surface area contributed by atoms with Crippen LogP contribution in [-0.4, -0.2) is 30.3 Å². The molecule has 6 aromatic rings. The number of aromatic nitrogens is 5. The van der Waals surface area contributed by atoms with Crippen molar-refractivity contribution in [3.63, 3.8) is 0 Å². The molecule has 0 saturated heterocycles. The van der Waals surface area contributed by atoms with Crippen molar-refractivity contribution >= 4 is 67.3 Å². The zero-order valence-electron chi connectivity index (χ0n) is 20.6. The first-order valence-corrected chi connectivity index (χ1v) is 13.6. The minimum absolute atomic E-state index is 0.0569. The number of hydrogen-bond donors (Lipinski definition) is 1. The number of fused-ring (bicyclic) bond motifs is 2. The molecule has 7 nitrogen and oxygen atoms in total. The summed E-state index contributed by atoms with van der Waals surface area (Å²) in [5, 5.41) is 13.4. The minimum Gasteiger partial charge on any atom is -0.304 e. The van der Waals surface area contributed by atoms with E-state index in [2.05, 4.69) is 36.4 Å². The van der Waals surface area contributed by atoms with Crippen molar-refractivity contribution in [2.45, 2.75) is 12.7 Å². The number of anilines is 1. The Bertz CT molecular complexity index is 1970. The fraction of sp³-hybridized carbons (Fsp3) is 0.0714. The number of halogens is 6. The summed E-state index contributed by atoms with van der Waals surface area (Å²) >= 11 is 15.6. The van der Waals surface area contributed by atoms with E-state index in [1.54, 1.807) is 53.3 Å². The highest BCUT2D eigenvalue weighted by Crippen LogP contribution is 2.35. The molecule has 3 aromatic heterocycles. The van der Waals surface area contributed by atoms with Crippen LogP contribution in [-0.2, 0) is 12.7 Å². The Balaban J connectivity index is 1.38. The molecule has 6 rings (SSSR count). The van der Waals surface area contributed by atoms with Crippen LogP contribution in [0.1, 0.15) is 21.6 Å². The van der Waals surface area contributed by atoms with Crippen LogP contribution in [0.25, 0.3) is 27.7 Å². The van der Waals surface area contributed by atoms with Crippen LogP contribution in [0.3, 0.4) is 0 Å². The number of rotatable bonds is 5. The highest BCUT2D eigenvalue weighted by molar-refractivity contribution is 9.10. The van der Waals surface area contributed by atoms with Gasteiger partial charge in [-0.25, -0.2) is 9.50 Å². The summed E-state index contributed by atoms with van der Waals surface area (Å²) in [5.74, 6) is -0.577. The first kappa shape index (κ1) is 27.3. The van der Waals surface area contributed by atoms with Crippen LogP contribution in [0.15, 0.2) is 83.6 Å². The molecule has 1 amide bonds. The third kappa shape index (κ3) is 5.28. The number of nitrogens with one attached hydrogen (secondary N) is 1. The van der Waals surface area contributed by atoms with Gasteiger partial charge < -0.3 is 5.32 Å². The van der Waals surface area contributed by atoms with Gasteiger partial charge in [-0.2, -0.15) is 23.4 Å². The van der Waals surface area contributed by atoms with Crippen LogP contribution in [0.4, 0.5) is 19.0 Å². The lowest BCUT2D eigenvalue weighted by molar-refractivity contribution is -0.142. The lowest BCUT2D eigenvalue weighted by Gasteiger charge is -2.13. The summed E-state index contributed by atoms with van der Waals surface area (Å²) in [5.41, 5.74) is -0.165. The fourth-order valence-electron chi connectivity index (χ4n) is 4.47. The van der Waals surface area contributed by atoms with Gasteiger partial charge in [0.15, 0.2) is 17.2 Å². The number of nitrogens with zero attached hydrogens (tertiary/aromatic N) is 5. The van der Waals surface area contributed by atoms with Gasteiger partial charge in [0.05, 0.1) is 22.9 Å². The van der Waals surface area contributed by atoms with Gasteiger partial charge in [0.2, 0.25) is 0 Å². The van der Waals surface area contributed by atoms with E-state index in [1.165, 1.54) is 0 Å². The molecular formula is C28H16BrCl2F3N6O. The van der Waals surface area contributed by atoms with Gasteiger partial charge in [-0.05, 0) is 50.5 Å². The van der Waals surface area contributed by atoms with E-state index >= 15 is 0 Å². The molecule has 3 heterocycles. The number of carbonyl (C=O) groups excluding carboxylic acids is 1. The number of benzene rings is 3. The Morgan fingerprint density at radius 3 is 2.59 bits per heavy atom. The average molecular weight is 660 g/mol. The van der Waals surface area contributed by atoms with Crippen molar-refractivity contribution in [1.82, 2.24) is 24.4 Å².